The van der Waals surface area contributed by atoms with Crippen LogP contribution in [0.5, 0.6) is 0 Å². The zero-order chi connectivity index (χ0) is 22.8. The van der Waals surface area contributed by atoms with Crippen molar-refractivity contribution >= 4 is 16.8 Å². The van der Waals surface area contributed by atoms with Crippen LogP contribution in [0.4, 0.5) is 0 Å². The van der Waals surface area contributed by atoms with Gasteiger partial charge < -0.3 is 14.6 Å². The maximum Gasteiger partial charge on any atom is 0.253 e. The largest absolute Gasteiger partial charge is 0.379 e. The standard InChI is InChI=1S/C26H33N5O2/c1-19(2)30-9-11-31(12-10-30)26(32)21-5-3-20(4-6-21)25-23-17-22(28-24(23)7-8-27-25)18-29-13-15-33-16-14-29/h3-8,17,19,28H,9-16,18H2,1-2H3. The van der Waals surface area contributed by atoms with Crippen molar-refractivity contribution in [1.82, 2.24) is 24.7 Å². The van der Waals surface area contributed by atoms with Crippen molar-refractivity contribution in [2.24, 2.45) is 0 Å². The Kier molecular flexibility index (Phi) is 6.44. The van der Waals surface area contributed by atoms with Crippen molar-refractivity contribution in [2.45, 2.75) is 26.4 Å². The topological polar surface area (TPSA) is 64.7 Å². The van der Waals surface area contributed by atoms with Gasteiger partial charge >= 0.3 is 0 Å². The number of aromatic nitrogens is 2. The molecule has 3 aromatic rings. The molecule has 33 heavy (non-hydrogen) atoms. The molecule has 7 heteroatoms. The highest BCUT2D eigenvalue weighted by atomic mass is 16.5. The van der Waals surface area contributed by atoms with Gasteiger partial charge in [0.1, 0.15) is 0 Å². The molecule has 0 spiro atoms. The number of H-pyrrole nitrogens is 1. The third kappa shape index (κ3) is 4.81. The lowest BCUT2D eigenvalue weighted by Gasteiger charge is -2.37. The third-order valence-electron chi connectivity index (χ3n) is 6.84. The zero-order valence-electron chi connectivity index (χ0n) is 19.6. The first-order valence-corrected chi connectivity index (χ1v) is 12.0. The Morgan fingerprint density at radius 2 is 1.76 bits per heavy atom. The Morgan fingerprint density at radius 3 is 2.45 bits per heavy atom. The lowest BCUT2D eigenvalue weighted by atomic mass is 10.0. The molecule has 5 rings (SSSR count). The summed E-state index contributed by atoms with van der Waals surface area (Å²) in [5.41, 5.74) is 4.99. The fraction of sp³-hybridized carbons (Fsp3) is 0.462. The smallest absolute Gasteiger partial charge is 0.253 e. The molecule has 0 aliphatic carbocycles. The summed E-state index contributed by atoms with van der Waals surface area (Å²) >= 11 is 0. The van der Waals surface area contributed by atoms with E-state index in [0.29, 0.717) is 6.04 Å². The number of rotatable bonds is 5. The van der Waals surface area contributed by atoms with E-state index in [1.165, 1.54) is 5.69 Å². The van der Waals surface area contributed by atoms with E-state index in [1.807, 2.05) is 41.4 Å². The summed E-state index contributed by atoms with van der Waals surface area (Å²) < 4.78 is 5.46. The van der Waals surface area contributed by atoms with Gasteiger partial charge in [-0.25, -0.2) is 0 Å². The van der Waals surface area contributed by atoms with E-state index in [1.54, 1.807) is 0 Å². The number of piperazine rings is 1. The molecule has 1 N–H and O–H groups in total. The fourth-order valence-corrected chi connectivity index (χ4v) is 4.82. The van der Waals surface area contributed by atoms with Gasteiger partial charge in [0.05, 0.1) is 18.9 Å². The molecule has 2 fully saturated rings. The summed E-state index contributed by atoms with van der Waals surface area (Å²) in [6.45, 7) is 12.3. The van der Waals surface area contributed by atoms with Crippen molar-refractivity contribution in [3.63, 3.8) is 0 Å². The highest BCUT2D eigenvalue weighted by Gasteiger charge is 2.23. The molecule has 2 aromatic heterocycles. The quantitative estimate of drug-likeness (QED) is 0.651. The molecule has 1 aromatic carbocycles. The normalized spacial score (nSPS) is 18.3. The van der Waals surface area contributed by atoms with Crippen LogP contribution < -0.4 is 0 Å². The average Bonchev–Trinajstić information content (AvgIpc) is 3.27. The number of carbonyl (C=O) groups is 1. The second-order valence-electron chi connectivity index (χ2n) is 9.30. The number of nitrogens with zero attached hydrogens (tertiary/aromatic N) is 4. The van der Waals surface area contributed by atoms with E-state index in [2.05, 4.69) is 39.7 Å². The van der Waals surface area contributed by atoms with E-state index in [-0.39, 0.29) is 5.91 Å². The van der Waals surface area contributed by atoms with Crippen LogP contribution in [0, 0.1) is 0 Å². The number of hydrogen-bond acceptors (Lipinski definition) is 5. The molecule has 0 atom stereocenters. The molecule has 2 aliphatic heterocycles. The number of amides is 1. The predicted molar refractivity (Wildman–Crippen MR) is 130 cm³/mol. The second kappa shape index (κ2) is 9.63. The molecule has 0 radical (unpaired) electrons. The Bertz CT molecular complexity index is 1090. The summed E-state index contributed by atoms with van der Waals surface area (Å²) in [6, 6.07) is 12.7. The Hall–Kier alpha value is -2.74. The lowest BCUT2D eigenvalue weighted by molar-refractivity contribution is 0.0337. The number of pyridine rings is 1. The molecular weight excluding hydrogens is 414 g/mol. The predicted octanol–water partition coefficient (Wildman–Crippen LogP) is 3.23. The molecule has 7 nitrogen and oxygen atoms in total. The minimum absolute atomic E-state index is 0.116. The molecule has 4 heterocycles. The molecular formula is C26H33N5O2. The summed E-state index contributed by atoms with van der Waals surface area (Å²) in [5, 5.41) is 1.12. The van der Waals surface area contributed by atoms with Crippen molar-refractivity contribution in [1.29, 1.82) is 0 Å². The number of aromatic amines is 1. The molecule has 2 aliphatic rings. The van der Waals surface area contributed by atoms with Gasteiger partial charge in [0.2, 0.25) is 0 Å². The number of hydrogen-bond donors (Lipinski definition) is 1. The first-order valence-electron chi connectivity index (χ1n) is 12.0. The number of benzene rings is 1. The van der Waals surface area contributed by atoms with Crippen LogP contribution in [-0.4, -0.2) is 89.1 Å². The monoisotopic (exact) mass is 447 g/mol. The summed E-state index contributed by atoms with van der Waals surface area (Å²) in [5.74, 6) is 0.116. The molecule has 174 valence electrons. The summed E-state index contributed by atoms with van der Waals surface area (Å²) in [6.07, 6.45) is 1.85. The van der Waals surface area contributed by atoms with Gasteiger partial charge in [-0.15, -0.1) is 0 Å². The second-order valence-corrected chi connectivity index (χ2v) is 9.30. The van der Waals surface area contributed by atoms with E-state index in [4.69, 9.17) is 4.74 Å². The Balaban J connectivity index is 1.31. The molecule has 0 bridgehead atoms. The Morgan fingerprint density at radius 1 is 1.03 bits per heavy atom. The van der Waals surface area contributed by atoms with Gasteiger partial charge in [0, 0.05) is 85.8 Å². The van der Waals surface area contributed by atoms with Crippen molar-refractivity contribution in [3.8, 4) is 11.3 Å². The van der Waals surface area contributed by atoms with E-state index in [0.717, 1.165) is 86.8 Å². The van der Waals surface area contributed by atoms with E-state index < -0.39 is 0 Å². The van der Waals surface area contributed by atoms with Crippen LogP contribution in [0.25, 0.3) is 22.2 Å². The van der Waals surface area contributed by atoms with Crippen LogP contribution in [0.1, 0.15) is 29.9 Å². The van der Waals surface area contributed by atoms with Gasteiger partial charge in [-0.2, -0.15) is 0 Å². The van der Waals surface area contributed by atoms with Crippen molar-refractivity contribution in [3.05, 3.63) is 53.9 Å². The van der Waals surface area contributed by atoms with Crippen molar-refractivity contribution < 1.29 is 9.53 Å². The minimum atomic E-state index is 0.116. The molecule has 2 saturated heterocycles. The number of fused-ring (bicyclic) bond motifs is 1. The van der Waals surface area contributed by atoms with Crippen LogP contribution >= 0.6 is 0 Å². The van der Waals surface area contributed by atoms with Crippen LogP contribution in [-0.2, 0) is 11.3 Å². The fourth-order valence-electron chi connectivity index (χ4n) is 4.82. The lowest BCUT2D eigenvalue weighted by Crippen LogP contribution is -2.50. The summed E-state index contributed by atoms with van der Waals surface area (Å²) in [4.78, 5) is 28.0. The maximum absolute atomic E-state index is 13.0. The average molecular weight is 448 g/mol. The minimum Gasteiger partial charge on any atom is -0.379 e. The molecule has 0 saturated carbocycles. The van der Waals surface area contributed by atoms with Gasteiger partial charge in [0.15, 0.2) is 0 Å². The number of ether oxygens (including phenoxy) is 1. The molecule has 0 unspecified atom stereocenters. The van der Waals surface area contributed by atoms with Crippen LogP contribution in [0.15, 0.2) is 42.6 Å². The first kappa shape index (κ1) is 22.1. The Labute approximate surface area is 195 Å². The highest BCUT2D eigenvalue weighted by Crippen LogP contribution is 2.28. The van der Waals surface area contributed by atoms with E-state index in [9.17, 15) is 4.79 Å². The van der Waals surface area contributed by atoms with Crippen molar-refractivity contribution in [2.75, 3.05) is 52.5 Å². The van der Waals surface area contributed by atoms with Gasteiger partial charge in [-0.1, -0.05) is 12.1 Å². The molecule has 1 amide bonds. The SMILES string of the molecule is CC(C)N1CCN(C(=O)c2ccc(-c3nccc4[nH]c(CN5CCOCC5)cc34)cc2)CC1. The summed E-state index contributed by atoms with van der Waals surface area (Å²) in [7, 11) is 0. The highest BCUT2D eigenvalue weighted by molar-refractivity contribution is 5.96. The van der Waals surface area contributed by atoms with Crippen LogP contribution in [0.3, 0.4) is 0 Å². The third-order valence-corrected chi connectivity index (χ3v) is 6.84. The maximum atomic E-state index is 13.0. The van der Waals surface area contributed by atoms with E-state index >= 15 is 0 Å². The van der Waals surface area contributed by atoms with Gasteiger partial charge in [0.25, 0.3) is 5.91 Å². The number of carbonyl (C=O) groups excluding carboxylic acids is 1. The van der Waals surface area contributed by atoms with Gasteiger partial charge in [-0.05, 0) is 38.1 Å². The van der Waals surface area contributed by atoms with Crippen LogP contribution in [0.2, 0.25) is 0 Å². The number of nitrogens with one attached hydrogen (secondary N) is 1. The number of morpholine rings is 1. The first-order chi connectivity index (χ1) is 16.1. The zero-order valence-corrected chi connectivity index (χ0v) is 19.6. The van der Waals surface area contributed by atoms with Gasteiger partial charge in [-0.3, -0.25) is 19.6 Å².